The van der Waals surface area contributed by atoms with E-state index in [0.717, 1.165) is 35.2 Å². The Morgan fingerprint density at radius 1 is 1.02 bits per heavy atom. The Morgan fingerprint density at radius 3 is 2.40 bits per heavy atom. The number of ketones is 1. The summed E-state index contributed by atoms with van der Waals surface area (Å²) in [7, 11) is 1.34. The zero-order valence-corrected chi connectivity index (χ0v) is 27.5. The molecule has 1 aliphatic carbocycles. The van der Waals surface area contributed by atoms with Crippen molar-refractivity contribution in [2.45, 2.75) is 71.6 Å². The molecule has 47 heavy (non-hydrogen) atoms. The summed E-state index contributed by atoms with van der Waals surface area (Å²) >= 11 is 0. The zero-order chi connectivity index (χ0) is 33.7. The van der Waals surface area contributed by atoms with Crippen molar-refractivity contribution >= 4 is 63.3 Å². The number of fused-ring (bicyclic) bond motifs is 8. The predicted octanol–water partition coefficient (Wildman–Crippen LogP) is 7.10. The SMILES string of the molecule is C=Cc1c(C=O)c2cc3nc(c4c5[nH]c(cc6nc(cc1[nH]2)C(C)=C6CC)c(C)c5C(=O)C4C(=O)OCC)C(CCC(=O)OC)C3C. The molecule has 3 unspecified atom stereocenters. The molecule has 242 valence electrons. The predicted molar refractivity (Wildman–Crippen MR) is 180 cm³/mol. The molecule has 3 aliphatic rings. The second-order valence-corrected chi connectivity index (χ2v) is 12.2. The molecule has 0 radical (unpaired) electrons. The van der Waals surface area contributed by atoms with Crippen LogP contribution in [0.2, 0.25) is 0 Å². The van der Waals surface area contributed by atoms with Gasteiger partial charge in [0.25, 0.3) is 0 Å². The third-order valence-electron chi connectivity index (χ3n) is 9.77. The van der Waals surface area contributed by atoms with Gasteiger partial charge in [-0.25, -0.2) is 4.98 Å². The summed E-state index contributed by atoms with van der Waals surface area (Å²) in [6.45, 7) is 13.7. The number of allylic oxidation sites excluding steroid dienone is 2. The lowest BCUT2D eigenvalue weighted by atomic mass is 9.84. The van der Waals surface area contributed by atoms with Crippen molar-refractivity contribution in [2.75, 3.05) is 13.7 Å². The smallest absolute Gasteiger partial charge is 0.321 e. The van der Waals surface area contributed by atoms with Gasteiger partial charge in [-0.05, 0) is 68.5 Å². The quantitative estimate of drug-likeness (QED) is 0.152. The van der Waals surface area contributed by atoms with Crippen LogP contribution in [0.3, 0.4) is 0 Å². The number of esters is 2. The van der Waals surface area contributed by atoms with E-state index in [0.29, 0.717) is 67.7 Å². The first kappa shape index (κ1) is 31.8. The molecular formula is C37H38N4O6. The lowest BCUT2D eigenvalue weighted by molar-refractivity contribution is -0.143. The lowest BCUT2D eigenvalue weighted by Crippen LogP contribution is -2.22. The highest BCUT2D eigenvalue weighted by molar-refractivity contribution is 6.23. The van der Waals surface area contributed by atoms with Gasteiger partial charge in [0.15, 0.2) is 12.1 Å². The third-order valence-corrected chi connectivity index (χ3v) is 9.77. The molecule has 0 saturated carbocycles. The fourth-order valence-corrected chi connectivity index (χ4v) is 7.27. The Kier molecular flexibility index (Phi) is 8.29. The number of carbonyl (C=O) groups excluding carboxylic acids is 4. The number of hydrogen-bond acceptors (Lipinski definition) is 8. The number of aromatic amines is 2. The standard InChI is InChI=1S/C37H38N4O6/c1-8-20-17(4)24-13-28-21(9-2)23(16-42)29(39-28)14-25-18(5)22(11-12-30(43)46-7)34(40-25)32-33(37(45)47-10-3)36(44)31-19(6)26(41-35(31)32)15-27(20)38-24/h9,13-16,18,22,33,39,41H,2,8,10-12H2,1,3-7H3. The van der Waals surface area contributed by atoms with Crippen LogP contribution in [0.25, 0.3) is 39.3 Å². The highest BCUT2D eigenvalue weighted by atomic mass is 16.5. The van der Waals surface area contributed by atoms with E-state index in [9.17, 15) is 19.2 Å². The van der Waals surface area contributed by atoms with Crippen LogP contribution < -0.4 is 0 Å². The number of rotatable bonds is 8. The number of Topliss-reactive ketones (excluding diaryl/α,β-unsaturated/α-hetero) is 1. The molecule has 3 atom stereocenters. The Bertz CT molecular complexity index is 2080. The number of aromatic nitrogens is 4. The summed E-state index contributed by atoms with van der Waals surface area (Å²) in [6, 6.07) is 5.70. The van der Waals surface area contributed by atoms with Gasteiger partial charge in [0.1, 0.15) is 5.92 Å². The first-order chi connectivity index (χ1) is 22.6. The van der Waals surface area contributed by atoms with Crippen LogP contribution >= 0.6 is 0 Å². The number of nitrogens with one attached hydrogen (secondary N) is 2. The van der Waals surface area contributed by atoms with Crippen LogP contribution in [0.4, 0.5) is 0 Å². The molecule has 0 saturated heterocycles. The zero-order valence-electron chi connectivity index (χ0n) is 27.5. The summed E-state index contributed by atoms with van der Waals surface area (Å²) in [5.41, 5.74) is 9.87. The van der Waals surface area contributed by atoms with Crippen molar-refractivity contribution < 1.29 is 28.7 Å². The molecule has 2 N–H and O–H groups in total. The van der Waals surface area contributed by atoms with E-state index in [1.165, 1.54) is 7.11 Å². The van der Waals surface area contributed by atoms with Crippen LogP contribution in [0.1, 0.15) is 125 Å². The summed E-state index contributed by atoms with van der Waals surface area (Å²) in [6.07, 6.45) is 3.65. The molecule has 10 heteroatoms. The first-order valence-electron chi connectivity index (χ1n) is 15.9. The molecule has 6 rings (SSSR count). The van der Waals surface area contributed by atoms with Crippen LogP contribution in [0, 0.1) is 6.92 Å². The van der Waals surface area contributed by atoms with E-state index in [4.69, 9.17) is 19.4 Å². The average molecular weight is 635 g/mol. The number of aldehydes is 1. The van der Waals surface area contributed by atoms with Gasteiger partial charge in [-0.3, -0.25) is 24.2 Å². The lowest BCUT2D eigenvalue weighted by Gasteiger charge is -2.18. The first-order valence-corrected chi connectivity index (χ1v) is 15.9. The molecule has 8 bridgehead atoms. The Hall–Kier alpha value is -5.12. The minimum atomic E-state index is -1.21. The minimum Gasteiger partial charge on any atom is -0.469 e. The van der Waals surface area contributed by atoms with E-state index in [1.54, 1.807) is 13.0 Å². The number of hydrogen-bond donors (Lipinski definition) is 2. The third kappa shape index (κ3) is 5.03. The van der Waals surface area contributed by atoms with Gasteiger partial charge in [-0.15, -0.1) is 0 Å². The van der Waals surface area contributed by atoms with Crippen LogP contribution in [-0.2, 0) is 19.1 Å². The Balaban J connectivity index is 1.80. The van der Waals surface area contributed by atoms with Gasteiger partial charge in [0.05, 0.1) is 41.8 Å². The van der Waals surface area contributed by atoms with Crippen molar-refractivity contribution in [3.8, 4) is 0 Å². The van der Waals surface area contributed by atoms with Gasteiger partial charge < -0.3 is 19.4 Å². The molecule has 0 spiro atoms. The van der Waals surface area contributed by atoms with Gasteiger partial charge in [-0.2, -0.15) is 0 Å². The largest absolute Gasteiger partial charge is 0.469 e. The molecule has 3 aromatic heterocycles. The van der Waals surface area contributed by atoms with E-state index < -0.39 is 11.9 Å². The molecular weight excluding hydrogens is 596 g/mol. The molecule has 0 amide bonds. The van der Waals surface area contributed by atoms with E-state index in [2.05, 4.69) is 23.5 Å². The van der Waals surface area contributed by atoms with Crippen molar-refractivity contribution in [2.24, 2.45) is 0 Å². The van der Waals surface area contributed by atoms with E-state index in [1.807, 2.05) is 39.0 Å². The fraction of sp³-hybridized carbons (Fsp3) is 0.351. The number of ether oxygens (including phenoxy) is 2. The van der Waals surface area contributed by atoms with Crippen molar-refractivity contribution in [1.82, 2.24) is 19.9 Å². The van der Waals surface area contributed by atoms with Crippen molar-refractivity contribution in [3.63, 3.8) is 0 Å². The van der Waals surface area contributed by atoms with Gasteiger partial charge in [0.2, 0.25) is 0 Å². The molecule has 0 fully saturated rings. The minimum absolute atomic E-state index is 0.109. The molecule has 5 heterocycles. The van der Waals surface area contributed by atoms with Crippen LogP contribution in [-0.4, -0.2) is 57.7 Å². The Morgan fingerprint density at radius 2 is 1.74 bits per heavy atom. The van der Waals surface area contributed by atoms with Gasteiger partial charge in [0, 0.05) is 57.2 Å². The summed E-state index contributed by atoms with van der Waals surface area (Å²) in [4.78, 5) is 69.5. The topological polar surface area (TPSA) is 144 Å². The second kappa shape index (κ2) is 12.2. The normalized spacial score (nSPS) is 18.4. The number of aryl methyl sites for hydroxylation is 1. The highest BCUT2D eigenvalue weighted by Crippen LogP contribution is 2.48. The molecule has 2 aliphatic heterocycles. The number of H-pyrrole nitrogens is 2. The maximum absolute atomic E-state index is 14.2. The fourth-order valence-electron chi connectivity index (χ4n) is 7.27. The number of methoxy groups -OCH3 is 1. The van der Waals surface area contributed by atoms with Crippen molar-refractivity contribution in [1.29, 1.82) is 0 Å². The number of carbonyl (C=O) groups is 4. The summed E-state index contributed by atoms with van der Waals surface area (Å²) in [5, 5.41) is 0. The van der Waals surface area contributed by atoms with Gasteiger partial charge in [-0.1, -0.05) is 26.5 Å². The summed E-state index contributed by atoms with van der Waals surface area (Å²) < 4.78 is 10.4. The van der Waals surface area contributed by atoms with E-state index >= 15 is 0 Å². The van der Waals surface area contributed by atoms with Crippen LogP contribution in [0.5, 0.6) is 0 Å². The van der Waals surface area contributed by atoms with Gasteiger partial charge >= 0.3 is 11.9 Å². The Labute approximate surface area is 272 Å². The number of nitrogens with zero attached hydrogens (tertiary/aromatic N) is 2. The maximum atomic E-state index is 14.2. The second-order valence-electron chi connectivity index (χ2n) is 12.2. The van der Waals surface area contributed by atoms with Crippen molar-refractivity contribution in [3.05, 3.63) is 75.4 Å². The molecule has 3 aromatic rings. The molecule has 10 nitrogen and oxygen atoms in total. The summed E-state index contributed by atoms with van der Waals surface area (Å²) in [5.74, 6) is -3.17. The van der Waals surface area contributed by atoms with Crippen LogP contribution in [0.15, 0.2) is 24.8 Å². The molecule has 0 aromatic carbocycles. The highest BCUT2D eigenvalue weighted by Gasteiger charge is 2.45. The maximum Gasteiger partial charge on any atom is 0.321 e. The van der Waals surface area contributed by atoms with E-state index in [-0.39, 0.29) is 36.6 Å². The average Bonchev–Trinajstić information content (AvgIpc) is 3.80. The monoisotopic (exact) mass is 634 g/mol.